The summed E-state index contributed by atoms with van der Waals surface area (Å²) < 4.78 is 28.8. The van der Waals surface area contributed by atoms with Crippen molar-refractivity contribution in [3.8, 4) is 5.75 Å². The van der Waals surface area contributed by atoms with Crippen LogP contribution in [0.5, 0.6) is 5.75 Å². The summed E-state index contributed by atoms with van der Waals surface area (Å²) in [5, 5.41) is -0.584. The highest BCUT2D eigenvalue weighted by Crippen LogP contribution is 2.17. The van der Waals surface area contributed by atoms with Crippen LogP contribution in [0.2, 0.25) is 0 Å². The van der Waals surface area contributed by atoms with Crippen molar-refractivity contribution in [2.24, 2.45) is 0 Å². The molecule has 23 heavy (non-hydrogen) atoms. The molecule has 0 saturated heterocycles. The number of rotatable bonds is 8. The number of carbonyl (C=O) groups excluding carboxylic acids is 1. The third-order valence-corrected chi connectivity index (χ3v) is 5.99. The van der Waals surface area contributed by atoms with Crippen molar-refractivity contribution in [1.82, 2.24) is 4.90 Å². The fraction of sp³-hybridized carbons (Fsp3) is 0.588. The lowest BCUT2D eigenvalue weighted by Gasteiger charge is -2.29. The quantitative estimate of drug-likeness (QED) is 0.681. The highest BCUT2D eigenvalue weighted by Gasteiger charge is 2.27. The van der Waals surface area contributed by atoms with E-state index in [1.165, 1.54) is 11.2 Å². The second-order valence-electron chi connectivity index (χ2n) is 6.00. The van der Waals surface area contributed by atoms with Gasteiger partial charge in [-0.1, -0.05) is 18.2 Å². The first-order chi connectivity index (χ1) is 10.6. The summed E-state index contributed by atoms with van der Waals surface area (Å²) in [4.78, 5) is 13.7. The number of carbonyl (C=O) groups is 1. The van der Waals surface area contributed by atoms with E-state index in [-0.39, 0.29) is 11.9 Å². The van der Waals surface area contributed by atoms with Crippen LogP contribution < -0.4 is 4.74 Å². The molecule has 0 heterocycles. The van der Waals surface area contributed by atoms with E-state index >= 15 is 0 Å². The minimum Gasteiger partial charge on any atom is -0.493 e. The Balaban J connectivity index is 2.43. The third-order valence-electron chi connectivity index (χ3n) is 4.25. The van der Waals surface area contributed by atoms with E-state index in [4.69, 9.17) is 4.74 Å². The predicted molar refractivity (Wildman–Crippen MR) is 92.4 cm³/mol. The molecule has 0 spiro atoms. The van der Waals surface area contributed by atoms with Crippen LogP contribution in [0.3, 0.4) is 0 Å². The maximum Gasteiger partial charge on any atom is 0.222 e. The molecule has 1 aromatic rings. The van der Waals surface area contributed by atoms with E-state index in [0.29, 0.717) is 19.4 Å². The summed E-state index contributed by atoms with van der Waals surface area (Å²) >= 11 is 0. The Hall–Kier alpha value is -1.56. The van der Waals surface area contributed by atoms with Crippen LogP contribution >= 0.6 is 0 Å². The van der Waals surface area contributed by atoms with Crippen LogP contribution in [0.15, 0.2) is 24.3 Å². The van der Waals surface area contributed by atoms with Gasteiger partial charge in [0.25, 0.3) is 0 Å². The fourth-order valence-electron chi connectivity index (χ4n) is 2.20. The second kappa shape index (κ2) is 8.34. The molecular weight excluding hydrogens is 314 g/mol. The highest BCUT2D eigenvalue weighted by molar-refractivity contribution is 7.91. The van der Waals surface area contributed by atoms with Gasteiger partial charge in [0.1, 0.15) is 5.75 Å². The summed E-state index contributed by atoms with van der Waals surface area (Å²) in [7, 11) is -1.52. The van der Waals surface area contributed by atoms with Gasteiger partial charge in [-0.25, -0.2) is 8.42 Å². The number of hydrogen-bond donors (Lipinski definition) is 0. The Morgan fingerprint density at radius 2 is 1.87 bits per heavy atom. The molecule has 2 atom stereocenters. The first-order valence-electron chi connectivity index (χ1n) is 7.77. The Morgan fingerprint density at radius 1 is 1.26 bits per heavy atom. The summed E-state index contributed by atoms with van der Waals surface area (Å²) in [5.74, 6) is 0.758. The Bertz CT molecular complexity index is 627. The average Bonchev–Trinajstić information content (AvgIpc) is 2.49. The van der Waals surface area contributed by atoms with Gasteiger partial charge in [0.05, 0.1) is 11.9 Å². The molecule has 0 aromatic heterocycles. The fourth-order valence-corrected chi connectivity index (χ4v) is 3.10. The van der Waals surface area contributed by atoms with Gasteiger partial charge in [-0.15, -0.1) is 0 Å². The van der Waals surface area contributed by atoms with E-state index in [2.05, 4.69) is 0 Å². The van der Waals surface area contributed by atoms with Crippen LogP contribution in [0.1, 0.15) is 32.3 Å². The molecule has 1 aromatic carbocycles. The number of hydrogen-bond acceptors (Lipinski definition) is 4. The molecule has 0 unspecified atom stereocenters. The van der Waals surface area contributed by atoms with Gasteiger partial charge in [-0.05, 0) is 38.8 Å². The van der Waals surface area contributed by atoms with Gasteiger partial charge in [-0.2, -0.15) is 0 Å². The van der Waals surface area contributed by atoms with Crippen molar-refractivity contribution >= 4 is 15.7 Å². The Morgan fingerprint density at radius 3 is 2.43 bits per heavy atom. The molecule has 0 aliphatic carbocycles. The van der Waals surface area contributed by atoms with Crippen LogP contribution in [-0.2, 0) is 14.6 Å². The number of amides is 1. The van der Waals surface area contributed by atoms with Crippen molar-refractivity contribution in [3.05, 3.63) is 29.8 Å². The average molecular weight is 341 g/mol. The van der Waals surface area contributed by atoms with Crippen LogP contribution in [0, 0.1) is 6.92 Å². The molecule has 0 bridgehead atoms. The van der Waals surface area contributed by atoms with Crippen molar-refractivity contribution in [3.63, 3.8) is 0 Å². The highest BCUT2D eigenvalue weighted by atomic mass is 32.2. The molecule has 0 aliphatic rings. The lowest BCUT2D eigenvalue weighted by Crippen LogP contribution is -2.44. The molecule has 1 rings (SSSR count). The maximum atomic E-state index is 12.2. The standard InChI is InChI=1S/C17H27NO4S/c1-13-9-6-7-10-16(13)22-12-8-11-17(19)18(4)14(2)15(3)23(5,20)21/h6-7,9-10,14-15H,8,11-12H2,1-5H3/t14-,15+/m0/s1. The second-order valence-corrected chi connectivity index (χ2v) is 8.40. The Labute approximate surface area is 139 Å². The molecule has 6 heteroatoms. The molecule has 5 nitrogen and oxygen atoms in total. The largest absolute Gasteiger partial charge is 0.493 e. The lowest BCUT2D eigenvalue weighted by atomic mass is 10.2. The number of sulfone groups is 1. The zero-order valence-electron chi connectivity index (χ0n) is 14.6. The monoisotopic (exact) mass is 341 g/mol. The van der Waals surface area contributed by atoms with Crippen LogP contribution in [0.25, 0.3) is 0 Å². The van der Waals surface area contributed by atoms with Gasteiger partial charge < -0.3 is 9.64 Å². The first kappa shape index (κ1) is 19.5. The zero-order chi connectivity index (χ0) is 17.6. The normalized spacial score (nSPS) is 14.1. The summed E-state index contributed by atoms with van der Waals surface area (Å²) in [6.07, 6.45) is 2.13. The van der Waals surface area contributed by atoms with E-state index in [1.807, 2.05) is 31.2 Å². The number of ether oxygens (including phenoxy) is 1. The summed E-state index contributed by atoms with van der Waals surface area (Å²) in [5.41, 5.74) is 1.06. The van der Waals surface area contributed by atoms with Crippen molar-refractivity contribution in [2.75, 3.05) is 19.9 Å². The number of para-hydroxylation sites is 1. The molecule has 0 radical (unpaired) electrons. The minimum absolute atomic E-state index is 0.0682. The van der Waals surface area contributed by atoms with Crippen LogP contribution in [0.4, 0.5) is 0 Å². The smallest absolute Gasteiger partial charge is 0.222 e. The molecule has 0 N–H and O–H groups in total. The van der Waals surface area contributed by atoms with E-state index in [1.54, 1.807) is 20.9 Å². The predicted octanol–water partition coefficient (Wildman–Crippen LogP) is 2.43. The lowest BCUT2D eigenvalue weighted by molar-refractivity contribution is -0.131. The Kier molecular flexibility index (Phi) is 7.06. The van der Waals surface area contributed by atoms with E-state index in [9.17, 15) is 13.2 Å². The number of benzene rings is 1. The maximum absolute atomic E-state index is 12.2. The van der Waals surface area contributed by atoms with Gasteiger partial charge >= 0.3 is 0 Å². The first-order valence-corrected chi connectivity index (χ1v) is 9.73. The molecule has 1 amide bonds. The van der Waals surface area contributed by atoms with Gasteiger partial charge in [-0.3, -0.25) is 4.79 Å². The van der Waals surface area contributed by atoms with Crippen molar-refractivity contribution in [1.29, 1.82) is 0 Å². The zero-order valence-corrected chi connectivity index (χ0v) is 15.4. The van der Waals surface area contributed by atoms with Crippen molar-refractivity contribution in [2.45, 2.75) is 44.9 Å². The summed E-state index contributed by atoms with van der Waals surface area (Å²) in [6, 6.07) is 7.39. The summed E-state index contributed by atoms with van der Waals surface area (Å²) in [6.45, 7) is 5.82. The van der Waals surface area contributed by atoms with E-state index < -0.39 is 15.1 Å². The van der Waals surface area contributed by atoms with Gasteiger partial charge in [0.15, 0.2) is 9.84 Å². The van der Waals surface area contributed by atoms with Crippen LogP contribution in [-0.4, -0.2) is 50.4 Å². The van der Waals surface area contributed by atoms with E-state index in [0.717, 1.165) is 11.3 Å². The van der Waals surface area contributed by atoms with Gasteiger partial charge in [0.2, 0.25) is 5.91 Å². The minimum atomic E-state index is -3.17. The molecule has 0 saturated carbocycles. The molecule has 0 aliphatic heterocycles. The molecular formula is C17H27NO4S. The third kappa shape index (κ3) is 5.86. The SMILES string of the molecule is Cc1ccccc1OCCCC(=O)N(C)[C@@H](C)[C@@H](C)S(C)(=O)=O. The number of aryl methyl sites for hydroxylation is 1. The molecule has 0 fully saturated rings. The topological polar surface area (TPSA) is 63.7 Å². The van der Waals surface area contributed by atoms with Crippen molar-refractivity contribution < 1.29 is 17.9 Å². The van der Waals surface area contributed by atoms with Gasteiger partial charge in [0, 0.05) is 25.8 Å². The molecule has 130 valence electrons. The number of nitrogens with zero attached hydrogens (tertiary/aromatic N) is 1.